The summed E-state index contributed by atoms with van der Waals surface area (Å²) < 4.78 is 0. The molecular formula is C13H14ClNOS. The molecule has 1 saturated carbocycles. The van der Waals surface area contributed by atoms with Crippen LogP contribution in [-0.4, -0.2) is 16.7 Å². The molecule has 0 aromatic carbocycles. The molecule has 1 aliphatic carbocycles. The van der Waals surface area contributed by atoms with Crippen LogP contribution in [0.4, 0.5) is 0 Å². The maximum Gasteiger partial charge on any atom is 0.171 e. The Kier molecular flexibility index (Phi) is 2.91. The standard InChI is InChI=1S/C13H14ClNOS/c1-7-11(8-3-2-4-8)12-10(16)5-9(6-14)15-13(12)17-7/h5,8,12H,2-4,6H2,1H3. The maximum absolute atomic E-state index is 12.2. The monoisotopic (exact) mass is 267 g/mol. The minimum atomic E-state index is -0.0720. The minimum Gasteiger partial charge on any atom is -0.294 e. The van der Waals surface area contributed by atoms with E-state index in [1.54, 1.807) is 17.8 Å². The van der Waals surface area contributed by atoms with Crippen molar-refractivity contribution in [1.82, 2.24) is 0 Å². The van der Waals surface area contributed by atoms with E-state index in [9.17, 15) is 4.79 Å². The number of alkyl halides is 1. The van der Waals surface area contributed by atoms with E-state index < -0.39 is 0 Å². The summed E-state index contributed by atoms with van der Waals surface area (Å²) >= 11 is 7.43. The van der Waals surface area contributed by atoms with Gasteiger partial charge in [-0.05, 0) is 36.2 Å². The van der Waals surface area contributed by atoms with Crippen LogP contribution in [0.3, 0.4) is 0 Å². The highest BCUT2D eigenvalue weighted by Gasteiger charge is 2.41. The number of thioether (sulfide) groups is 1. The molecule has 0 bridgehead atoms. The van der Waals surface area contributed by atoms with Gasteiger partial charge in [0, 0.05) is 6.08 Å². The second-order valence-corrected chi connectivity index (χ2v) is 6.30. The molecule has 1 fully saturated rings. The Bertz CT molecular complexity index is 474. The topological polar surface area (TPSA) is 29.4 Å². The zero-order valence-electron chi connectivity index (χ0n) is 9.70. The molecule has 0 aromatic rings. The predicted octanol–water partition coefficient (Wildman–Crippen LogP) is 3.53. The number of aliphatic imine (C=N–C) groups is 1. The van der Waals surface area contributed by atoms with E-state index in [0.717, 1.165) is 5.04 Å². The fraction of sp³-hybridized carbons (Fsp3) is 0.538. The highest BCUT2D eigenvalue weighted by Crippen LogP contribution is 2.49. The maximum atomic E-state index is 12.2. The fourth-order valence-electron chi connectivity index (χ4n) is 2.71. The molecule has 0 amide bonds. The van der Waals surface area contributed by atoms with E-state index in [4.69, 9.17) is 11.6 Å². The average Bonchev–Trinajstić information content (AvgIpc) is 2.53. The Morgan fingerprint density at radius 3 is 2.88 bits per heavy atom. The Morgan fingerprint density at radius 1 is 1.53 bits per heavy atom. The third-order valence-corrected chi connectivity index (χ3v) is 5.10. The first-order valence-corrected chi connectivity index (χ1v) is 7.33. The van der Waals surface area contributed by atoms with Crippen molar-refractivity contribution in [1.29, 1.82) is 0 Å². The van der Waals surface area contributed by atoms with E-state index in [0.29, 0.717) is 17.5 Å². The summed E-state index contributed by atoms with van der Waals surface area (Å²) in [7, 11) is 0. The molecule has 0 radical (unpaired) electrons. The van der Waals surface area contributed by atoms with Gasteiger partial charge in [-0.3, -0.25) is 4.79 Å². The van der Waals surface area contributed by atoms with Gasteiger partial charge in [0.2, 0.25) is 0 Å². The van der Waals surface area contributed by atoms with Crippen molar-refractivity contribution in [3.8, 4) is 0 Å². The second-order valence-electron chi connectivity index (χ2n) is 4.80. The fourth-order valence-corrected chi connectivity index (χ4v) is 4.08. The van der Waals surface area contributed by atoms with Crippen LogP contribution in [0.2, 0.25) is 0 Å². The van der Waals surface area contributed by atoms with E-state index in [1.807, 2.05) is 0 Å². The van der Waals surface area contributed by atoms with E-state index in [-0.39, 0.29) is 11.7 Å². The van der Waals surface area contributed by atoms with Crippen molar-refractivity contribution < 1.29 is 4.79 Å². The zero-order valence-corrected chi connectivity index (χ0v) is 11.3. The summed E-state index contributed by atoms with van der Waals surface area (Å²) in [5, 5.41) is 0.951. The van der Waals surface area contributed by atoms with Crippen LogP contribution in [0.25, 0.3) is 0 Å². The number of halogens is 1. The first kappa shape index (κ1) is 11.5. The van der Waals surface area contributed by atoms with Gasteiger partial charge in [0.05, 0.1) is 22.5 Å². The van der Waals surface area contributed by atoms with Gasteiger partial charge in [-0.15, -0.1) is 11.6 Å². The summed E-state index contributed by atoms with van der Waals surface area (Å²) in [4.78, 5) is 18.0. The van der Waals surface area contributed by atoms with Gasteiger partial charge in [-0.1, -0.05) is 18.2 Å². The van der Waals surface area contributed by atoms with Gasteiger partial charge in [0.1, 0.15) is 0 Å². The van der Waals surface area contributed by atoms with E-state index in [2.05, 4.69) is 11.9 Å². The molecule has 0 saturated heterocycles. The van der Waals surface area contributed by atoms with Crippen molar-refractivity contribution in [3.63, 3.8) is 0 Å². The Morgan fingerprint density at radius 2 is 2.29 bits per heavy atom. The van der Waals surface area contributed by atoms with Crippen molar-refractivity contribution in [2.24, 2.45) is 16.8 Å². The van der Waals surface area contributed by atoms with Crippen LogP contribution in [0.15, 0.2) is 27.2 Å². The van der Waals surface area contributed by atoms with Crippen LogP contribution < -0.4 is 0 Å². The molecule has 3 rings (SSSR count). The summed E-state index contributed by atoms with van der Waals surface area (Å²) in [5.74, 6) is 1.05. The Hall–Kier alpha value is -0.540. The van der Waals surface area contributed by atoms with Crippen LogP contribution >= 0.6 is 23.4 Å². The molecule has 4 heteroatoms. The lowest BCUT2D eigenvalue weighted by atomic mass is 9.73. The number of carbonyl (C=O) groups excluding carboxylic acids is 1. The predicted molar refractivity (Wildman–Crippen MR) is 72.4 cm³/mol. The molecule has 17 heavy (non-hydrogen) atoms. The molecule has 1 unspecified atom stereocenters. The Labute approximate surface area is 110 Å². The molecule has 1 atom stereocenters. The number of hydrogen-bond acceptors (Lipinski definition) is 3. The number of rotatable bonds is 2. The quantitative estimate of drug-likeness (QED) is 0.717. The van der Waals surface area contributed by atoms with Crippen LogP contribution in [0.1, 0.15) is 26.2 Å². The van der Waals surface area contributed by atoms with Crippen LogP contribution in [0, 0.1) is 11.8 Å². The largest absolute Gasteiger partial charge is 0.294 e. The number of nitrogens with zero attached hydrogens (tertiary/aromatic N) is 1. The normalized spacial score (nSPS) is 28.8. The van der Waals surface area contributed by atoms with Gasteiger partial charge in [-0.2, -0.15) is 0 Å². The summed E-state index contributed by atoms with van der Waals surface area (Å²) in [6.45, 7) is 2.12. The smallest absolute Gasteiger partial charge is 0.171 e. The van der Waals surface area contributed by atoms with Gasteiger partial charge < -0.3 is 0 Å². The molecule has 3 aliphatic rings. The van der Waals surface area contributed by atoms with Crippen molar-refractivity contribution in [2.45, 2.75) is 26.2 Å². The molecule has 90 valence electrons. The average molecular weight is 268 g/mol. The first-order valence-electron chi connectivity index (χ1n) is 5.98. The van der Waals surface area contributed by atoms with Crippen molar-refractivity contribution in [2.75, 3.05) is 5.88 Å². The third kappa shape index (κ3) is 1.80. The first-order chi connectivity index (χ1) is 8.20. The van der Waals surface area contributed by atoms with Gasteiger partial charge in [-0.25, -0.2) is 4.99 Å². The zero-order chi connectivity index (χ0) is 12.0. The summed E-state index contributed by atoms with van der Waals surface area (Å²) in [5.41, 5.74) is 2.05. The highest BCUT2D eigenvalue weighted by molar-refractivity contribution is 8.17. The Balaban J connectivity index is 1.95. The number of ketones is 1. The number of carbonyl (C=O) groups is 1. The molecule has 0 aromatic heterocycles. The number of allylic oxidation sites excluding steroid dienone is 4. The number of fused-ring (bicyclic) bond motifs is 1. The molecule has 0 spiro atoms. The van der Waals surface area contributed by atoms with Crippen LogP contribution in [-0.2, 0) is 4.79 Å². The number of hydrogen-bond donors (Lipinski definition) is 0. The molecular weight excluding hydrogens is 254 g/mol. The van der Waals surface area contributed by atoms with Crippen molar-refractivity contribution >= 4 is 34.2 Å². The van der Waals surface area contributed by atoms with Gasteiger partial charge in [0.15, 0.2) is 5.78 Å². The summed E-state index contributed by atoms with van der Waals surface area (Å²) in [6.07, 6.45) is 5.38. The van der Waals surface area contributed by atoms with Crippen LogP contribution in [0.5, 0.6) is 0 Å². The van der Waals surface area contributed by atoms with E-state index in [1.165, 1.54) is 29.7 Å². The molecule has 0 N–H and O–H groups in total. The SMILES string of the molecule is CC1=C(C2CCC2)C2C(=O)C=C(CCl)N=C2S1. The molecule has 2 heterocycles. The second kappa shape index (κ2) is 4.29. The van der Waals surface area contributed by atoms with Gasteiger partial charge in [0.25, 0.3) is 0 Å². The van der Waals surface area contributed by atoms with Crippen molar-refractivity contribution in [3.05, 3.63) is 22.3 Å². The molecule has 2 aliphatic heterocycles. The summed E-state index contributed by atoms with van der Waals surface area (Å²) in [6, 6.07) is 0. The molecule has 2 nitrogen and oxygen atoms in total. The lowest BCUT2D eigenvalue weighted by Crippen LogP contribution is -2.28. The van der Waals surface area contributed by atoms with E-state index >= 15 is 0 Å². The van der Waals surface area contributed by atoms with Gasteiger partial charge >= 0.3 is 0 Å². The third-order valence-electron chi connectivity index (χ3n) is 3.75. The highest BCUT2D eigenvalue weighted by atomic mass is 35.5. The minimum absolute atomic E-state index is 0.0720. The lowest BCUT2D eigenvalue weighted by Gasteiger charge is -2.30. The lowest BCUT2D eigenvalue weighted by molar-refractivity contribution is -0.115.